The molecule has 3 heterocycles. The first-order valence-electron chi connectivity index (χ1n) is 6.42. The van der Waals surface area contributed by atoms with Gasteiger partial charge in [-0.25, -0.2) is 0 Å². The van der Waals surface area contributed by atoms with Crippen LogP contribution in [0.25, 0.3) is 0 Å². The molecule has 0 radical (unpaired) electrons. The number of hydrogen-bond acceptors (Lipinski definition) is 6. The van der Waals surface area contributed by atoms with Crippen LogP contribution in [-0.2, 0) is 35.4 Å². The molecule has 0 unspecified atom stereocenters. The molecule has 0 aliphatic carbocycles. The summed E-state index contributed by atoms with van der Waals surface area (Å²) in [5.41, 5.74) is 0. The first-order valence-corrected chi connectivity index (χ1v) is 6.42. The molecule has 0 bridgehead atoms. The third-order valence-electron chi connectivity index (χ3n) is 1.70. The Balaban J connectivity index is -0.000000113. The summed E-state index contributed by atoms with van der Waals surface area (Å²) >= 11 is 0. The fourth-order valence-corrected chi connectivity index (χ4v) is 0.938. The van der Waals surface area contributed by atoms with Crippen LogP contribution in [0.4, 0.5) is 0 Å². The van der Waals surface area contributed by atoms with Gasteiger partial charge >= 0.3 is 0 Å². The van der Waals surface area contributed by atoms with E-state index < -0.39 is 0 Å². The summed E-state index contributed by atoms with van der Waals surface area (Å²) < 4.78 is 0. The monoisotopic (exact) mass is 425 g/mol. The van der Waals surface area contributed by atoms with E-state index in [-0.39, 0.29) is 21.1 Å². The number of aromatic nitrogens is 3. The molecule has 25 heavy (non-hydrogen) atoms. The Morgan fingerprint density at radius 3 is 0.560 bits per heavy atom. The molecule has 7 heteroatoms. The van der Waals surface area contributed by atoms with Crippen LogP contribution in [0, 0.1) is 0 Å². The Morgan fingerprint density at radius 1 is 0.360 bits per heavy atom. The van der Waals surface area contributed by atoms with Gasteiger partial charge in [0.25, 0.3) is 0 Å². The molecular weight excluding hydrogens is 402 g/mol. The van der Waals surface area contributed by atoms with E-state index in [1.807, 2.05) is 75.0 Å². The molecule has 6 nitrogen and oxygen atoms in total. The minimum atomic E-state index is 0. The van der Waals surface area contributed by atoms with Gasteiger partial charge in [0.2, 0.25) is 0 Å². The van der Waals surface area contributed by atoms with Gasteiger partial charge in [0.05, 0.1) is 0 Å². The number of nitrogens with zero attached hydrogens (tertiary/aromatic N) is 3. The first-order chi connectivity index (χ1) is 12.0. The van der Waals surface area contributed by atoms with Gasteiger partial charge in [0, 0.05) is 58.2 Å². The fraction of sp³-hybridized carbons (Fsp3) is 0. The second-order valence-electron chi connectivity index (χ2n) is 3.07. The number of pyridine rings is 3. The van der Waals surface area contributed by atoms with Crippen LogP contribution < -0.4 is 0 Å². The second-order valence-corrected chi connectivity index (χ2v) is 3.07. The molecule has 3 aromatic rings. The van der Waals surface area contributed by atoms with Crippen LogP contribution >= 0.6 is 0 Å². The molecule has 0 saturated heterocycles. The van der Waals surface area contributed by atoms with Gasteiger partial charge in [-0.2, -0.15) is 0 Å². The number of carbonyl (C=O) groups is 3. The van der Waals surface area contributed by atoms with E-state index in [2.05, 4.69) is 15.0 Å². The molecule has 0 aromatic carbocycles. The Kier molecular flexibility index (Phi) is 45.0. The van der Waals surface area contributed by atoms with Gasteiger partial charge in [-0.1, -0.05) is 18.2 Å². The largest absolute Gasteiger partial charge is 0.307 e. The molecule has 0 fully saturated rings. The van der Waals surface area contributed by atoms with Crippen molar-refractivity contribution in [3.63, 3.8) is 0 Å². The average molecular weight is 423 g/mol. The number of carbonyl (C=O) groups excluding carboxylic acids is 3. The van der Waals surface area contributed by atoms with Crippen molar-refractivity contribution in [3.05, 3.63) is 91.8 Å². The third kappa shape index (κ3) is 33.8. The van der Waals surface area contributed by atoms with Gasteiger partial charge in [-0.3, -0.25) is 15.0 Å². The smallest absolute Gasteiger partial charge is 0.106 e. The Hall–Kier alpha value is -2.85. The number of hydrogen-bond donors (Lipinski definition) is 0. The van der Waals surface area contributed by atoms with Crippen LogP contribution in [0.15, 0.2) is 91.8 Å². The van der Waals surface area contributed by atoms with Crippen molar-refractivity contribution >= 4 is 20.4 Å². The molecule has 0 N–H and O–H groups in total. The van der Waals surface area contributed by atoms with Gasteiger partial charge in [0.1, 0.15) is 20.4 Å². The third-order valence-corrected chi connectivity index (χ3v) is 1.70. The minimum absolute atomic E-state index is 0. The summed E-state index contributed by atoms with van der Waals surface area (Å²) in [5.74, 6) is 0. The van der Waals surface area contributed by atoms with Gasteiger partial charge in [-0.15, -0.1) is 0 Å². The first kappa shape index (κ1) is 30.1. The van der Waals surface area contributed by atoms with Crippen molar-refractivity contribution in [2.24, 2.45) is 0 Å². The van der Waals surface area contributed by atoms with Crippen LogP contribution in [0.1, 0.15) is 0 Å². The molecule has 0 amide bonds. The summed E-state index contributed by atoms with van der Waals surface area (Å²) in [6, 6.07) is 17.1. The topological polar surface area (TPSA) is 89.9 Å². The van der Waals surface area contributed by atoms with Gasteiger partial charge in [0.15, 0.2) is 0 Å². The van der Waals surface area contributed by atoms with Crippen LogP contribution in [0.3, 0.4) is 0 Å². The summed E-state index contributed by atoms with van der Waals surface area (Å²) in [6.07, 6.45) is 10.5. The van der Waals surface area contributed by atoms with E-state index in [0.717, 1.165) is 0 Å². The van der Waals surface area contributed by atoms with Crippen LogP contribution in [0.5, 0.6) is 0 Å². The molecule has 0 saturated carbocycles. The average Bonchev–Trinajstić information content (AvgIpc) is 2.77. The van der Waals surface area contributed by atoms with Crippen molar-refractivity contribution in [1.29, 1.82) is 0 Å². The van der Waals surface area contributed by atoms with E-state index in [9.17, 15) is 0 Å². The Bertz CT molecular complexity index is 360. The maximum absolute atomic E-state index is 8.00. The molecule has 3 rings (SSSR count). The van der Waals surface area contributed by atoms with Crippen molar-refractivity contribution in [3.8, 4) is 0 Å². The quantitative estimate of drug-likeness (QED) is 0.517. The Morgan fingerprint density at radius 2 is 0.520 bits per heavy atom. The van der Waals surface area contributed by atoms with E-state index in [0.29, 0.717) is 0 Å². The molecule has 0 aliphatic heterocycles. The summed E-state index contributed by atoms with van der Waals surface area (Å²) in [7, 11) is 0. The molecule has 0 spiro atoms. The van der Waals surface area contributed by atoms with Gasteiger partial charge in [-0.05, 0) is 36.4 Å². The summed E-state index contributed by atoms with van der Waals surface area (Å²) in [6.45, 7) is 6.00. The Labute approximate surface area is 162 Å². The summed E-state index contributed by atoms with van der Waals surface area (Å²) in [4.78, 5) is 35.4. The van der Waals surface area contributed by atoms with E-state index in [4.69, 9.17) is 14.4 Å². The maximum Gasteiger partial charge on any atom is 0.106 e. The number of rotatable bonds is 0. The standard InChI is InChI=1S/3C5H5N.3CH2O.Mo/c3*1-2-4-6-5-3-1;3*1-2;/h3*1-5H;3*1H2;. The SMILES string of the molecule is C=O.C=O.C=O.[Mo].c1ccncc1.c1ccncc1.c1ccncc1. The van der Waals surface area contributed by atoms with E-state index in [1.54, 1.807) is 37.2 Å². The molecule has 0 atom stereocenters. The molecule has 0 aliphatic rings. The van der Waals surface area contributed by atoms with Crippen molar-refractivity contribution < 1.29 is 35.4 Å². The van der Waals surface area contributed by atoms with Gasteiger partial charge < -0.3 is 14.4 Å². The zero-order valence-electron chi connectivity index (χ0n) is 13.8. The van der Waals surface area contributed by atoms with Crippen molar-refractivity contribution in [1.82, 2.24) is 15.0 Å². The predicted molar refractivity (Wildman–Crippen MR) is 94.1 cm³/mol. The molecule has 3 aromatic heterocycles. The van der Waals surface area contributed by atoms with Crippen molar-refractivity contribution in [2.75, 3.05) is 0 Å². The maximum atomic E-state index is 8.00. The van der Waals surface area contributed by atoms with E-state index >= 15 is 0 Å². The fourth-order valence-electron chi connectivity index (χ4n) is 0.938. The molecular formula is C18H21MoN3O3. The van der Waals surface area contributed by atoms with Crippen LogP contribution in [-0.4, -0.2) is 35.3 Å². The molecule has 132 valence electrons. The zero-order valence-corrected chi connectivity index (χ0v) is 15.8. The normalized spacial score (nSPS) is 6.24. The zero-order chi connectivity index (χ0) is 18.7. The predicted octanol–water partition coefficient (Wildman–Crippen LogP) is 2.69. The van der Waals surface area contributed by atoms with E-state index in [1.165, 1.54) is 0 Å². The minimum Gasteiger partial charge on any atom is -0.307 e. The van der Waals surface area contributed by atoms with Crippen LogP contribution in [0.2, 0.25) is 0 Å². The summed E-state index contributed by atoms with van der Waals surface area (Å²) in [5, 5.41) is 0. The second kappa shape index (κ2) is 37.4. The van der Waals surface area contributed by atoms with Crippen molar-refractivity contribution in [2.45, 2.75) is 0 Å².